The van der Waals surface area contributed by atoms with Gasteiger partial charge in [0.1, 0.15) is 0 Å². The Morgan fingerprint density at radius 3 is 1.82 bits per heavy atom. The summed E-state index contributed by atoms with van der Waals surface area (Å²) in [7, 11) is 0. The molecule has 1 N–H and O–H groups in total. The molecule has 94 valence electrons. The summed E-state index contributed by atoms with van der Waals surface area (Å²) in [5, 5.41) is 9.40. The molecule has 1 aromatic carbocycles. The van der Waals surface area contributed by atoms with Gasteiger partial charge < -0.3 is 5.11 Å². The van der Waals surface area contributed by atoms with Gasteiger partial charge in [-0.25, -0.2) is 0 Å². The predicted octanol–water partition coefficient (Wildman–Crippen LogP) is 3.26. The first-order valence-electron chi connectivity index (χ1n) is 4.53. The van der Waals surface area contributed by atoms with E-state index >= 15 is 0 Å². The molecule has 0 saturated heterocycles. The second-order valence-electron chi connectivity index (χ2n) is 3.40. The normalized spacial score (nSPS) is 16.4. The van der Waals surface area contributed by atoms with E-state index < -0.39 is 23.3 Å². The highest BCUT2D eigenvalue weighted by atomic mass is 19.4. The van der Waals surface area contributed by atoms with Crippen molar-refractivity contribution in [3.63, 3.8) is 0 Å². The summed E-state index contributed by atoms with van der Waals surface area (Å²) in [6.07, 6.45) is -5.74. The smallest absolute Gasteiger partial charge is 0.372 e. The molecule has 0 aromatic heterocycles. The lowest BCUT2D eigenvalue weighted by molar-refractivity contribution is -0.327. The van der Waals surface area contributed by atoms with E-state index in [9.17, 15) is 27.1 Å². The molecule has 0 amide bonds. The Morgan fingerprint density at radius 1 is 1.00 bits per heavy atom. The fourth-order valence-electron chi connectivity index (χ4n) is 1.37. The highest BCUT2D eigenvalue weighted by molar-refractivity contribution is 5.29. The van der Waals surface area contributed by atoms with Crippen LogP contribution in [-0.2, 0) is 5.60 Å². The van der Waals surface area contributed by atoms with E-state index in [1.54, 1.807) is 0 Å². The maximum atomic E-state index is 13.3. The van der Waals surface area contributed by atoms with Crippen molar-refractivity contribution in [2.24, 2.45) is 0 Å². The first-order chi connectivity index (χ1) is 7.67. The second-order valence-corrected chi connectivity index (χ2v) is 3.40. The zero-order chi connectivity index (χ0) is 13.3. The van der Waals surface area contributed by atoms with Crippen LogP contribution in [-0.4, -0.2) is 17.2 Å². The highest BCUT2D eigenvalue weighted by Crippen LogP contribution is 2.49. The van der Waals surface area contributed by atoms with Crippen LogP contribution in [0.25, 0.3) is 0 Å². The Balaban J connectivity index is 3.47. The van der Waals surface area contributed by atoms with E-state index in [-0.39, 0.29) is 6.08 Å². The molecular weight excluding hydrogens is 243 g/mol. The molecule has 0 fully saturated rings. The Bertz CT molecular complexity index is 398. The molecule has 1 rings (SSSR count). The minimum Gasteiger partial charge on any atom is -0.372 e. The van der Waals surface area contributed by atoms with Crippen molar-refractivity contribution in [3.05, 3.63) is 48.6 Å². The molecule has 1 nitrogen and oxygen atoms in total. The summed E-state index contributed by atoms with van der Waals surface area (Å²) in [5.74, 6) is -4.52. The summed E-state index contributed by atoms with van der Waals surface area (Å²) in [4.78, 5) is 0. The average Bonchev–Trinajstić information content (AvgIpc) is 2.27. The zero-order valence-electron chi connectivity index (χ0n) is 8.51. The second kappa shape index (κ2) is 4.10. The van der Waals surface area contributed by atoms with Gasteiger partial charge in [-0.3, -0.25) is 0 Å². The predicted molar refractivity (Wildman–Crippen MR) is 51.5 cm³/mol. The van der Waals surface area contributed by atoms with Crippen LogP contribution < -0.4 is 0 Å². The van der Waals surface area contributed by atoms with Crippen molar-refractivity contribution >= 4 is 0 Å². The molecule has 1 atom stereocenters. The van der Waals surface area contributed by atoms with Gasteiger partial charge in [0.25, 0.3) is 5.60 Å². The van der Waals surface area contributed by atoms with Gasteiger partial charge in [0.2, 0.25) is 0 Å². The van der Waals surface area contributed by atoms with Gasteiger partial charge in [-0.15, -0.1) is 0 Å². The molecular formula is C11H9F5O. The minimum atomic E-state index is -5.52. The summed E-state index contributed by atoms with van der Waals surface area (Å²) in [6, 6.07) is 5.18. The van der Waals surface area contributed by atoms with E-state index in [1.165, 1.54) is 6.07 Å². The molecule has 1 aromatic rings. The number of alkyl halides is 5. The summed E-state index contributed by atoms with van der Waals surface area (Å²) in [5.41, 5.74) is -5.21. The molecule has 17 heavy (non-hydrogen) atoms. The maximum absolute atomic E-state index is 13.3. The molecule has 0 aliphatic heterocycles. The Hall–Kier alpha value is -1.43. The number of benzene rings is 1. The molecule has 0 saturated carbocycles. The average molecular weight is 252 g/mol. The van der Waals surface area contributed by atoms with Crippen LogP contribution in [0.3, 0.4) is 0 Å². The van der Waals surface area contributed by atoms with Crippen LogP contribution in [0.15, 0.2) is 43.0 Å². The molecule has 0 bridgehead atoms. The van der Waals surface area contributed by atoms with E-state index in [1.807, 2.05) is 0 Å². The van der Waals surface area contributed by atoms with Gasteiger partial charge in [-0.1, -0.05) is 36.9 Å². The van der Waals surface area contributed by atoms with Crippen molar-refractivity contribution < 1.29 is 27.1 Å². The van der Waals surface area contributed by atoms with Gasteiger partial charge in [-0.05, 0) is 11.6 Å². The van der Waals surface area contributed by atoms with Gasteiger partial charge in [-0.2, -0.15) is 22.0 Å². The van der Waals surface area contributed by atoms with E-state index in [0.717, 1.165) is 24.3 Å². The standard InChI is InChI=1S/C11H9F5O/c1-2-9(12,13)10(17,11(14,15)16)8-6-4-3-5-7-8/h2-7,17H,1H2. The van der Waals surface area contributed by atoms with Gasteiger partial charge >= 0.3 is 12.1 Å². The minimum absolute atomic E-state index is 0.215. The number of halogens is 5. The third-order valence-electron chi connectivity index (χ3n) is 2.34. The largest absolute Gasteiger partial charge is 0.427 e. The van der Waals surface area contributed by atoms with Crippen molar-refractivity contribution in [2.45, 2.75) is 17.7 Å². The number of rotatable bonds is 3. The lowest BCUT2D eigenvalue weighted by atomic mass is 9.86. The highest BCUT2D eigenvalue weighted by Gasteiger charge is 2.68. The fourth-order valence-corrected chi connectivity index (χ4v) is 1.37. The molecule has 0 radical (unpaired) electrons. The lowest BCUT2D eigenvalue weighted by Crippen LogP contribution is -2.55. The van der Waals surface area contributed by atoms with Gasteiger partial charge in [0.15, 0.2) is 0 Å². The Morgan fingerprint density at radius 2 is 1.47 bits per heavy atom. The van der Waals surface area contributed by atoms with Crippen molar-refractivity contribution in [1.82, 2.24) is 0 Å². The van der Waals surface area contributed by atoms with Crippen LogP contribution in [0.4, 0.5) is 22.0 Å². The molecule has 0 aliphatic rings. The Labute approximate surface area is 94.2 Å². The monoisotopic (exact) mass is 252 g/mol. The number of hydrogen-bond acceptors (Lipinski definition) is 1. The van der Waals surface area contributed by atoms with Crippen molar-refractivity contribution in [2.75, 3.05) is 0 Å². The van der Waals surface area contributed by atoms with E-state index in [2.05, 4.69) is 6.58 Å². The van der Waals surface area contributed by atoms with Crippen LogP contribution in [0.1, 0.15) is 5.56 Å². The lowest BCUT2D eigenvalue weighted by Gasteiger charge is -2.35. The molecule has 0 spiro atoms. The fraction of sp³-hybridized carbons (Fsp3) is 0.273. The maximum Gasteiger partial charge on any atom is 0.427 e. The van der Waals surface area contributed by atoms with Gasteiger partial charge in [0.05, 0.1) is 0 Å². The van der Waals surface area contributed by atoms with Crippen LogP contribution in [0.2, 0.25) is 0 Å². The summed E-state index contributed by atoms with van der Waals surface area (Å²) in [6.45, 7) is 2.63. The van der Waals surface area contributed by atoms with E-state index in [0.29, 0.717) is 0 Å². The third-order valence-corrected chi connectivity index (χ3v) is 2.34. The zero-order valence-corrected chi connectivity index (χ0v) is 8.51. The molecule has 0 aliphatic carbocycles. The van der Waals surface area contributed by atoms with Crippen molar-refractivity contribution in [1.29, 1.82) is 0 Å². The van der Waals surface area contributed by atoms with Crippen LogP contribution in [0.5, 0.6) is 0 Å². The van der Waals surface area contributed by atoms with E-state index in [4.69, 9.17) is 0 Å². The number of aliphatic hydroxyl groups is 1. The first kappa shape index (κ1) is 13.6. The summed E-state index contributed by atoms with van der Waals surface area (Å²) >= 11 is 0. The quantitative estimate of drug-likeness (QED) is 0.646. The van der Waals surface area contributed by atoms with Crippen LogP contribution in [0, 0.1) is 0 Å². The first-order valence-corrected chi connectivity index (χ1v) is 4.53. The topological polar surface area (TPSA) is 20.2 Å². The SMILES string of the molecule is C=CC(F)(F)C(O)(c1ccccc1)C(F)(F)F. The van der Waals surface area contributed by atoms with Gasteiger partial charge in [0, 0.05) is 0 Å². The van der Waals surface area contributed by atoms with Crippen molar-refractivity contribution in [3.8, 4) is 0 Å². The molecule has 0 heterocycles. The molecule has 1 unspecified atom stereocenters. The Kier molecular flexibility index (Phi) is 3.29. The third kappa shape index (κ3) is 2.04. The summed E-state index contributed by atoms with van der Waals surface area (Å²) < 4.78 is 64.7. The molecule has 6 heteroatoms. The van der Waals surface area contributed by atoms with Crippen LogP contribution >= 0.6 is 0 Å². The number of hydrogen-bond donors (Lipinski definition) is 1.